The molecule has 1 aromatic heterocycles. The number of carboxylic acid groups (broad SMARTS) is 1. The van der Waals surface area contributed by atoms with Crippen molar-refractivity contribution < 1.29 is 14.6 Å². The van der Waals surface area contributed by atoms with Crippen LogP contribution in [0.15, 0.2) is 36.4 Å². The van der Waals surface area contributed by atoms with Gasteiger partial charge in [-0.2, -0.15) is 0 Å². The lowest BCUT2D eigenvalue weighted by molar-refractivity contribution is 0.0690. The number of aromatic carboxylic acids is 1. The molecule has 2 aromatic rings. The summed E-state index contributed by atoms with van der Waals surface area (Å²) in [6.45, 7) is 0.740. The Morgan fingerprint density at radius 1 is 1.11 bits per heavy atom. The topological polar surface area (TPSA) is 59.4 Å². The molecule has 0 amide bonds. The molecule has 0 radical (unpaired) electrons. The molecule has 0 saturated heterocycles. The van der Waals surface area contributed by atoms with Gasteiger partial charge in [-0.1, -0.05) is 30.5 Å². The first-order chi connectivity index (χ1) is 13.6. The highest BCUT2D eigenvalue weighted by atomic mass is 35.5. The number of hydrogen-bond acceptors (Lipinski definition) is 3. The molecule has 1 N–H and O–H groups in total. The Hall–Kier alpha value is -2.33. The third-order valence-electron chi connectivity index (χ3n) is 5.71. The summed E-state index contributed by atoms with van der Waals surface area (Å²) >= 11 is 6.31. The fourth-order valence-electron chi connectivity index (χ4n) is 4.29. The lowest BCUT2D eigenvalue weighted by Gasteiger charge is -2.17. The van der Waals surface area contributed by atoms with Crippen LogP contribution >= 0.6 is 11.6 Å². The number of allylic oxidation sites excluding steroid dienone is 2. The van der Waals surface area contributed by atoms with Crippen molar-refractivity contribution in [2.45, 2.75) is 44.9 Å². The van der Waals surface area contributed by atoms with Crippen LogP contribution in [0.5, 0.6) is 5.75 Å². The molecule has 28 heavy (non-hydrogen) atoms. The largest absolute Gasteiger partial charge is 0.493 e. The number of hydrogen-bond donors (Lipinski definition) is 1. The summed E-state index contributed by atoms with van der Waals surface area (Å²) in [6, 6.07) is 11.0. The minimum absolute atomic E-state index is 0.0695. The van der Waals surface area contributed by atoms with E-state index in [1.54, 1.807) is 6.07 Å². The lowest BCUT2D eigenvalue weighted by atomic mass is 9.98. The highest BCUT2D eigenvalue weighted by Gasteiger charge is 2.23. The smallest absolute Gasteiger partial charge is 0.354 e. The minimum Gasteiger partial charge on any atom is -0.493 e. The molecule has 1 heterocycles. The number of rotatable bonds is 6. The van der Waals surface area contributed by atoms with Crippen LogP contribution in [0.2, 0.25) is 5.02 Å². The number of benzene rings is 1. The van der Waals surface area contributed by atoms with E-state index in [1.165, 1.54) is 37.3 Å². The Balaban J connectivity index is 1.69. The number of halogens is 1. The van der Waals surface area contributed by atoms with Gasteiger partial charge >= 0.3 is 5.97 Å². The number of pyridine rings is 1. The summed E-state index contributed by atoms with van der Waals surface area (Å²) < 4.78 is 6.23. The molecular weight excluding hydrogens is 374 g/mol. The van der Waals surface area contributed by atoms with E-state index in [9.17, 15) is 9.90 Å². The maximum Gasteiger partial charge on any atom is 0.354 e. The quantitative estimate of drug-likeness (QED) is 0.640. The summed E-state index contributed by atoms with van der Waals surface area (Å²) in [5.74, 6) is 0.486. The number of carbonyl (C=O) groups is 1. The van der Waals surface area contributed by atoms with Gasteiger partial charge in [0.15, 0.2) is 0 Å². The van der Waals surface area contributed by atoms with Crippen molar-refractivity contribution in [1.82, 2.24) is 4.98 Å². The third-order valence-corrected chi connectivity index (χ3v) is 5.95. The zero-order valence-corrected chi connectivity index (χ0v) is 16.5. The van der Waals surface area contributed by atoms with Gasteiger partial charge in [0.2, 0.25) is 0 Å². The molecule has 1 saturated carbocycles. The van der Waals surface area contributed by atoms with E-state index in [4.69, 9.17) is 16.3 Å². The van der Waals surface area contributed by atoms with E-state index in [2.05, 4.69) is 4.98 Å². The Kier molecular flexibility index (Phi) is 5.67. The minimum atomic E-state index is -1.01. The predicted octanol–water partition coefficient (Wildman–Crippen LogP) is 6.10. The maximum atomic E-state index is 11.3. The summed E-state index contributed by atoms with van der Waals surface area (Å²) in [5, 5.41) is 9.95. The standard InChI is InChI=1S/C23H24ClNO3/c24-16-11-12-22(28-14-15-5-1-2-6-15)19(13-16)17-7-3-8-18(17)20-9-4-10-21(25-20)23(26)27/h4,9-13,15H,1-3,5-8,14H2,(H,26,27). The SMILES string of the molecule is O=C(O)c1cccc(C2=C(c3cc(Cl)ccc3OCC3CCCC3)CCC2)n1. The second-order valence-corrected chi connectivity index (χ2v) is 8.06. The molecular formula is C23H24ClNO3. The van der Waals surface area contributed by atoms with E-state index >= 15 is 0 Å². The fourth-order valence-corrected chi connectivity index (χ4v) is 4.47. The van der Waals surface area contributed by atoms with Crippen LogP contribution < -0.4 is 4.74 Å². The van der Waals surface area contributed by atoms with Gasteiger partial charge in [-0.25, -0.2) is 9.78 Å². The van der Waals surface area contributed by atoms with Crippen LogP contribution in [0, 0.1) is 5.92 Å². The van der Waals surface area contributed by atoms with Gasteiger partial charge in [-0.05, 0) is 79.5 Å². The molecule has 2 aliphatic rings. The Labute approximate surface area is 170 Å². The second-order valence-electron chi connectivity index (χ2n) is 7.63. The highest BCUT2D eigenvalue weighted by molar-refractivity contribution is 6.30. The fraction of sp³-hybridized carbons (Fsp3) is 0.391. The molecule has 0 spiro atoms. The van der Waals surface area contributed by atoms with Crippen LogP contribution in [-0.2, 0) is 0 Å². The van der Waals surface area contributed by atoms with Crippen molar-refractivity contribution in [3.63, 3.8) is 0 Å². The molecule has 1 aromatic carbocycles. The van der Waals surface area contributed by atoms with Gasteiger partial charge in [-0.15, -0.1) is 0 Å². The lowest BCUT2D eigenvalue weighted by Crippen LogP contribution is -2.09. The van der Waals surface area contributed by atoms with Crippen molar-refractivity contribution in [3.05, 3.63) is 58.4 Å². The molecule has 2 aliphatic carbocycles. The monoisotopic (exact) mass is 397 g/mol. The van der Waals surface area contributed by atoms with E-state index in [0.29, 0.717) is 10.9 Å². The predicted molar refractivity (Wildman–Crippen MR) is 111 cm³/mol. The van der Waals surface area contributed by atoms with Gasteiger partial charge in [0, 0.05) is 10.6 Å². The Morgan fingerprint density at radius 3 is 2.68 bits per heavy atom. The van der Waals surface area contributed by atoms with Crippen molar-refractivity contribution in [3.8, 4) is 5.75 Å². The van der Waals surface area contributed by atoms with Crippen LogP contribution in [-0.4, -0.2) is 22.7 Å². The molecule has 5 heteroatoms. The molecule has 0 unspecified atom stereocenters. The van der Waals surface area contributed by atoms with E-state index in [-0.39, 0.29) is 5.69 Å². The number of nitrogens with zero attached hydrogens (tertiary/aromatic N) is 1. The molecule has 0 aliphatic heterocycles. The van der Waals surface area contributed by atoms with Crippen molar-refractivity contribution in [2.24, 2.45) is 5.92 Å². The van der Waals surface area contributed by atoms with Crippen LogP contribution in [0.3, 0.4) is 0 Å². The Morgan fingerprint density at radius 2 is 1.89 bits per heavy atom. The summed E-state index contributed by atoms with van der Waals surface area (Å²) in [4.78, 5) is 15.7. The van der Waals surface area contributed by atoms with Crippen LogP contribution in [0.25, 0.3) is 11.1 Å². The molecule has 1 fully saturated rings. The number of carboxylic acids is 1. The van der Waals surface area contributed by atoms with Crippen molar-refractivity contribution in [2.75, 3.05) is 6.61 Å². The summed E-state index contributed by atoms with van der Waals surface area (Å²) in [5.41, 5.74) is 4.07. The molecule has 4 rings (SSSR count). The van der Waals surface area contributed by atoms with Gasteiger partial charge in [-0.3, -0.25) is 0 Å². The summed E-state index contributed by atoms with van der Waals surface area (Å²) in [6.07, 6.45) is 7.86. The highest BCUT2D eigenvalue weighted by Crippen LogP contribution is 2.43. The van der Waals surface area contributed by atoms with E-state index in [0.717, 1.165) is 48.4 Å². The molecule has 0 atom stereocenters. The number of ether oxygens (including phenoxy) is 1. The van der Waals surface area contributed by atoms with Crippen LogP contribution in [0.4, 0.5) is 0 Å². The first-order valence-electron chi connectivity index (χ1n) is 9.97. The average molecular weight is 398 g/mol. The van der Waals surface area contributed by atoms with E-state index in [1.807, 2.05) is 24.3 Å². The first-order valence-corrected chi connectivity index (χ1v) is 10.3. The first kappa shape index (κ1) is 19.0. The van der Waals surface area contributed by atoms with Crippen molar-refractivity contribution >= 4 is 28.7 Å². The number of aromatic nitrogens is 1. The van der Waals surface area contributed by atoms with Gasteiger partial charge in [0.25, 0.3) is 0 Å². The summed E-state index contributed by atoms with van der Waals surface area (Å²) in [7, 11) is 0. The normalized spacial score (nSPS) is 17.3. The van der Waals surface area contributed by atoms with Gasteiger partial charge in [0.05, 0.1) is 12.3 Å². The maximum absolute atomic E-state index is 11.3. The van der Waals surface area contributed by atoms with Gasteiger partial charge < -0.3 is 9.84 Å². The average Bonchev–Trinajstić information content (AvgIpc) is 3.39. The molecule has 0 bridgehead atoms. The second kappa shape index (κ2) is 8.36. The molecule has 4 nitrogen and oxygen atoms in total. The third kappa shape index (κ3) is 4.07. The zero-order chi connectivity index (χ0) is 19.5. The van der Waals surface area contributed by atoms with Crippen molar-refractivity contribution in [1.29, 1.82) is 0 Å². The van der Waals surface area contributed by atoms with Gasteiger partial charge in [0.1, 0.15) is 11.4 Å². The molecule has 146 valence electrons. The van der Waals surface area contributed by atoms with E-state index < -0.39 is 5.97 Å². The zero-order valence-electron chi connectivity index (χ0n) is 15.8. The Bertz CT molecular complexity index is 916. The van der Waals surface area contributed by atoms with Crippen LogP contribution in [0.1, 0.15) is 66.7 Å².